The van der Waals surface area contributed by atoms with Gasteiger partial charge in [0.05, 0.1) is 0 Å². The predicted molar refractivity (Wildman–Crippen MR) is 63.2 cm³/mol. The summed E-state index contributed by atoms with van der Waals surface area (Å²) in [5.74, 6) is 0.0586. The van der Waals surface area contributed by atoms with Gasteiger partial charge in [0.2, 0.25) is 5.91 Å². The fourth-order valence-corrected chi connectivity index (χ4v) is 1.68. The number of amides is 1. The Morgan fingerprint density at radius 2 is 2.00 bits per heavy atom. The summed E-state index contributed by atoms with van der Waals surface area (Å²) < 4.78 is 0. The summed E-state index contributed by atoms with van der Waals surface area (Å²) >= 11 is 5.76. The highest BCUT2D eigenvalue weighted by molar-refractivity contribution is 6.17. The first kappa shape index (κ1) is 12.1. The van der Waals surface area contributed by atoms with Gasteiger partial charge in [0.25, 0.3) is 0 Å². The van der Waals surface area contributed by atoms with Gasteiger partial charge in [-0.3, -0.25) is 4.79 Å². The molecule has 0 radical (unpaired) electrons. The monoisotopic (exact) mass is 225 g/mol. The normalized spacial score (nSPS) is 11.5. The molecule has 1 aromatic carbocycles. The second-order valence-electron chi connectivity index (χ2n) is 4.63. The van der Waals surface area contributed by atoms with E-state index < -0.39 is 0 Å². The Morgan fingerprint density at radius 3 is 2.40 bits per heavy atom. The van der Waals surface area contributed by atoms with E-state index in [0.29, 0.717) is 11.4 Å². The molecule has 1 aromatic rings. The van der Waals surface area contributed by atoms with Crippen LogP contribution in [0.5, 0.6) is 0 Å². The Labute approximate surface area is 95.4 Å². The number of carbonyl (C=O) groups is 1. The summed E-state index contributed by atoms with van der Waals surface area (Å²) in [6.45, 7) is 6.15. The van der Waals surface area contributed by atoms with Crippen LogP contribution < -0.4 is 5.73 Å². The molecule has 82 valence electrons. The second-order valence-corrected chi connectivity index (χ2v) is 4.90. The molecule has 0 unspecified atom stereocenters. The molecular formula is C12H16ClNO. The van der Waals surface area contributed by atoms with E-state index in [-0.39, 0.29) is 11.3 Å². The van der Waals surface area contributed by atoms with Gasteiger partial charge >= 0.3 is 0 Å². The number of rotatable bonds is 2. The van der Waals surface area contributed by atoms with E-state index >= 15 is 0 Å². The third kappa shape index (κ3) is 2.72. The molecule has 15 heavy (non-hydrogen) atoms. The van der Waals surface area contributed by atoms with Crippen molar-refractivity contribution < 1.29 is 4.79 Å². The third-order valence-electron chi connectivity index (χ3n) is 2.31. The number of carbonyl (C=O) groups excluding carboxylic acids is 1. The van der Waals surface area contributed by atoms with E-state index in [4.69, 9.17) is 17.3 Å². The Kier molecular flexibility index (Phi) is 3.40. The zero-order valence-electron chi connectivity index (χ0n) is 9.30. The summed E-state index contributed by atoms with van der Waals surface area (Å²) in [4.78, 5) is 11.3. The van der Waals surface area contributed by atoms with Gasteiger partial charge in [0.15, 0.2) is 0 Å². The highest BCUT2D eigenvalue weighted by atomic mass is 35.5. The van der Waals surface area contributed by atoms with Crippen LogP contribution in [0, 0.1) is 0 Å². The maximum absolute atomic E-state index is 11.3. The minimum Gasteiger partial charge on any atom is -0.366 e. The predicted octanol–water partition coefficient (Wildman–Crippen LogP) is 2.82. The molecule has 3 heteroatoms. The molecule has 0 saturated heterocycles. The maximum Gasteiger partial charge on any atom is 0.248 e. The minimum atomic E-state index is -0.388. The van der Waals surface area contributed by atoms with E-state index in [1.165, 1.54) is 0 Å². The van der Waals surface area contributed by atoms with Crippen molar-refractivity contribution in [3.8, 4) is 0 Å². The minimum absolute atomic E-state index is 0.105. The van der Waals surface area contributed by atoms with Crippen molar-refractivity contribution in [2.24, 2.45) is 5.73 Å². The van der Waals surface area contributed by atoms with E-state index in [1.54, 1.807) is 6.07 Å². The summed E-state index contributed by atoms with van der Waals surface area (Å²) in [6, 6.07) is 5.54. The summed E-state index contributed by atoms with van der Waals surface area (Å²) in [7, 11) is 0. The van der Waals surface area contributed by atoms with Crippen LogP contribution in [-0.4, -0.2) is 5.91 Å². The number of hydrogen-bond acceptors (Lipinski definition) is 1. The Balaban J connectivity index is 3.36. The summed E-state index contributed by atoms with van der Waals surface area (Å²) in [6.07, 6.45) is 0. The van der Waals surface area contributed by atoms with Crippen LogP contribution in [0.15, 0.2) is 18.2 Å². The number of primary amides is 1. The molecule has 1 rings (SSSR count). The van der Waals surface area contributed by atoms with E-state index in [1.807, 2.05) is 32.9 Å². The summed E-state index contributed by atoms with van der Waals surface area (Å²) in [5.41, 5.74) is 7.76. The van der Waals surface area contributed by atoms with Crippen molar-refractivity contribution >= 4 is 17.5 Å². The van der Waals surface area contributed by atoms with Gasteiger partial charge < -0.3 is 5.73 Å². The molecule has 0 spiro atoms. The first-order valence-corrected chi connectivity index (χ1v) is 5.39. The van der Waals surface area contributed by atoms with Crippen molar-refractivity contribution in [3.63, 3.8) is 0 Å². The van der Waals surface area contributed by atoms with Crippen molar-refractivity contribution in [2.75, 3.05) is 0 Å². The lowest BCUT2D eigenvalue weighted by molar-refractivity contribution is 0.0998. The molecule has 0 aliphatic carbocycles. The average Bonchev–Trinajstić information content (AvgIpc) is 2.15. The van der Waals surface area contributed by atoms with Gasteiger partial charge in [0, 0.05) is 11.4 Å². The number of benzene rings is 1. The van der Waals surface area contributed by atoms with Crippen molar-refractivity contribution in [3.05, 3.63) is 34.9 Å². The first-order chi connectivity index (χ1) is 6.86. The standard InChI is InChI=1S/C12H16ClNO/c1-12(2,3)10-6-8(7-13)4-5-9(10)11(14)15/h4-6H,7H2,1-3H3,(H2,14,15). The fourth-order valence-electron chi connectivity index (χ4n) is 1.51. The SMILES string of the molecule is CC(C)(C)c1cc(CCl)ccc1C(N)=O. The fraction of sp³-hybridized carbons (Fsp3) is 0.417. The van der Waals surface area contributed by atoms with Crippen LogP contribution >= 0.6 is 11.6 Å². The lowest BCUT2D eigenvalue weighted by Crippen LogP contribution is -2.21. The molecule has 0 fully saturated rings. The van der Waals surface area contributed by atoms with E-state index in [2.05, 4.69) is 0 Å². The van der Waals surface area contributed by atoms with Crippen molar-refractivity contribution in [1.82, 2.24) is 0 Å². The van der Waals surface area contributed by atoms with Crippen LogP contribution in [0.3, 0.4) is 0 Å². The van der Waals surface area contributed by atoms with Gasteiger partial charge in [-0.15, -0.1) is 11.6 Å². The lowest BCUT2D eigenvalue weighted by atomic mass is 9.83. The zero-order chi connectivity index (χ0) is 11.6. The number of hydrogen-bond donors (Lipinski definition) is 1. The largest absolute Gasteiger partial charge is 0.366 e. The highest BCUT2D eigenvalue weighted by Gasteiger charge is 2.20. The van der Waals surface area contributed by atoms with Crippen LogP contribution in [-0.2, 0) is 11.3 Å². The topological polar surface area (TPSA) is 43.1 Å². The molecular weight excluding hydrogens is 210 g/mol. The number of halogens is 1. The summed E-state index contributed by atoms with van der Waals surface area (Å²) in [5, 5.41) is 0. The first-order valence-electron chi connectivity index (χ1n) is 4.85. The quantitative estimate of drug-likeness (QED) is 0.773. The molecule has 2 nitrogen and oxygen atoms in total. The number of nitrogens with two attached hydrogens (primary N) is 1. The van der Waals surface area contributed by atoms with Crippen molar-refractivity contribution in [2.45, 2.75) is 32.1 Å². The zero-order valence-corrected chi connectivity index (χ0v) is 10.1. The van der Waals surface area contributed by atoms with Gasteiger partial charge in [-0.1, -0.05) is 32.9 Å². The molecule has 1 amide bonds. The van der Waals surface area contributed by atoms with Gasteiger partial charge in [0.1, 0.15) is 0 Å². The smallest absolute Gasteiger partial charge is 0.248 e. The van der Waals surface area contributed by atoms with Crippen LogP contribution in [0.1, 0.15) is 42.3 Å². The van der Waals surface area contributed by atoms with E-state index in [9.17, 15) is 4.79 Å². The molecule has 0 saturated carbocycles. The van der Waals surface area contributed by atoms with Gasteiger partial charge in [-0.25, -0.2) is 0 Å². The molecule has 0 heterocycles. The van der Waals surface area contributed by atoms with Crippen LogP contribution in [0.4, 0.5) is 0 Å². The van der Waals surface area contributed by atoms with Gasteiger partial charge in [-0.2, -0.15) is 0 Å². The second kappa shape index (κ2) is 4.23. The average molecular weight is 226 g/mol. The molecule has 0 aliphatic heterocycles. The van der Waals surface area contributed by atoms with Crippen LogP contribution in [0.25, 0.3) is 0 Å². The van der Waals surface area contributed by atoms with E-state index in [0.717, 1.165) is 11.1 Å². The molecule has 0 atom stereocenters. The van der Waals surface area contributed by atoms with Gasteiger partial charge in [-0.05, 0) is 22.6 Å². The Morgan fingerprint density at radius 1 is 1.40 bits per heavy atom. The highest BCUT2D eigenvalue weighted by Crippen LogP contribution is 2.27. The molecule has 0 aliphatic rings. The lowest BCUT2D eigenvalue weighted by Gasteiger charge is -2.22. The van der Waals surface area contributed by atoms with Crippen LogP contribution in [0.2, 0.25) is 0 Å². The maximum atomic E-state index is 11.3. The molecule has 0 bridgehead atoms. The Bertz CT molecular complexity index is 380. The Hall–Kier alpha value is -1.02. The third-order valence-corrected chi connectivity index (χ3v) is 2.62. The molecule has 0 aromatic heterocycles. The number of alkyl halides is 1. The van der Waals surface area contributed by atoms with Crippen molar-refractivity contribution in [1.29, 1.82) is 0 Å². The molecule has 2 N–H and O–H groups in total.